The Balaban J connectivity index is 1.86. The van der Waals surface area contributed by atoms with Gasteiger partial charge in [-0.25, -0.2) is 0 Å². The number of nitrogens with two attached hydrogens (primary N) is 1. The molecule has 0 aromatic heterocycles. The number of benzene rings is 1. The predicted octanol–water partition coefficient (Wildman–Crippen LogP) is 2.10. The van der Waals surface area contributed by atoms with Crippen LogP contribution in [-0.4, -0.2) is 42.5 Å². The van der Waals surface area contributed by atoms with Gasteiger partial charge in [0.05, 0.1) is 4.92 Å². The molecule has 2 aliphatic rings. The van der Waals surface area contributed by atoms with E-state index in [2.05, 4.69) is 16.8 Å². The van der Waals surface area contributed by atoms with Gasteiger partial charge in [0.25, 0.3) is 0 Å². The Bertz CT molecular complexity index is 548. The van der Waals surface area contributed by atoms with Gasteiger partial charge in [-0.15, -0.1) is 0 Å². The van der Waals surface area contributed by atoms with Crippen LogP contribution in [0.15, 0.2) is 18.2 Å². The second-order valence-electron chi connectivity index (χ2n) is 6.16. The summed E-state index contributed by atoms with van der Waals surface area (Å²) in [4.78, 5) is 15.5. The van der Waals surface area contributed by atoms with E-state index in [1.54, 1.807) is 12.1 Å². The van der Waals surface area contributed by atoms with E-state index in [1.807, 2.05) is 6.07 Å². The zero-order chi connectivity index (χ0) is 15.0. The van der Waals surface area contributed by atoms with Crippen molar-refractivity contribution in [3.8, 4) is 0 Å². The molecule has 0 saturated carbocycles. The molecule has 2 unspecified atom stereocenters. The van der Waals surface area contributed by atoms with Crippen molar-refractivity contribution >= 4 is 17.1 Å². The number of nitro groups is 1. The molecule has 0 radical (unpaired) electrons. The Hall–Kier alpha value is -1.82. The number of nitrogen functional groups attached to an aromatic ring is 1. The lowest BCUT2D eigenvalue weighted by atomic mass is 9.84. The Morgan fingerprint density at radius 3 is 2.90 bits per heavy atom. The van der Waals surface area contributed by atoms with Crippen molar-refractivity contribution in [3.05, 3.63) is 28.3 Å². The lowest BCUT2D eigenvalue weighted by molar-refractivity contribution is -0.383. The van der Waals surface area contributed by atoms with Crippen LogP contribution in [0, 0.1) is 16.0 Å². The highest BCUT2D eigenvalue weighted by atomic mass is 16.6. The van der Waals surface area contributed by atoms with Crippen LogP contribution in [0.1, 0.15) is 19.3 Å². The molecule has 2 N–H and O–H groups in total. The van der Waals surface area contributed by atoms with Crippen LogP contribution in [-0.2, 0) is 0 Å². The molecule has 2 aliphatic heterocycles. The maximum absolute atomic E-state index is 11.3. The van der Waals surface area contributed by atoms with Crippen LogP contribution in [0.2, 0.25) is 0 Å². The quantitative estimate of drug-likeness (QED) is 0.513. The predicted molar refractivity (Wildman–Crippen MR) is 83.5 cm³/mol. The summed E-state index contributed by atoms with van der Waals surface area (Å²) < 4.78 is 0. The normalized spacial score (nSPS) is 26.4. The van der Waals surface area contributed by atoms with E-state index < -0.39 is 0 Å². The second-order valence-corrected chi connectivity index (χ2v) is 6.16. The summed E-state index contributed by atoms with van der Waals surface area (Å²) in [7, 11) is 2.19. The first-order valence-corrected chi connectivity index (χ1v) is 7.56. The third-order valence-electron chi connectivity index (χ3n) is 4.91. The zero-order valence-corrected chi connectivity index (χ0v) is 12.4. The maximum Gasteiger partial charge on any atom is 0.315 e. The summed E-state index contributed by atoms with van der Waals surface area (Å²) in [6, 6.07) is 5.84. The minimum Gasteiger partial charge on any atom is -0.393 e. The third-order valence-corrected chi connectivity index (χ3v) is 4.91. The molecule has 0 amide bonds. The van der Waals surface area contributed by atoms with Gasteiger partial charge in [0.2, 0.25) is 0 Å². The molecule has 114 valence electrons. The molecule has 3 rings (SSSR count). The summed E-state index contributed by atoms with van der Waals surface area (Å²) in [5.74, 6) is 0.596. The van der Waals surface area contributed by atoms with Gasteiger partial charge in [-0.2, -0.15) is 0 Å². The summed E-state index contributed by atoms with van der Waals surface area (Å²) in [6.07, 6.45) is 3.49. The Kier molecular flexibility index (Phi) is 3.71. The second kappa shape index (κ2) is 5.52. The van der Waals surface area contributed by atoms with E-state index in [-0.39, 0.29) is 16.3 Å². The minimum atomic E-state index is -0.357. The summed E-state index contributed by atoms with van der Waals surface area (Å²) in [5.41, 5.74) is 6.79. The van der Waals surface area contributed by atoms with E-state index in [0.29, 0.717) is 17.6 Å². The Morgan fingerprint density at radius 2 is 2.14 bits per heavy atom. The van der Waals surface area contributed by atoms with Crippen LogP contribution in [0.25, 0.3) is 0 Å². The fraction of sp³-hybridized carbons (Fsp3) is 0.600. The highest BCUT2D eigenvalue weighted by Crippen LogP contribution is 2.38. The van der Waals surface area contributed by atoms with Crippen molar-refractivity contribution in [3.63, 3.8) is 0 Å². The maximum atomic E-state index is 11.3. The van der Waals surface area contributed by atoms with Crippen LogP contribution < -0.4 is 10.6 Å². The number of para-hydroxylation sites is 1. The number of fused-ring (bicyclic) bond motifs is 1. The topological polar surface area (TPSA) is 75.6 Å². The van der Waals surface area contributed by atoms with Gasteiger partial charge in [0, 0.05) is 19.1 Å². The van der Waals surface area contributed by atoms with Crippen LogP contribution in [0.3, 0.4) is 0 Å². The largest absolute Gasteiger partial charge is 0.393 e. The average Bonchev–Trinajstić information content (AvgIpc) is 2.46. The van der Waals surface area contributed by atoms with E-state index >= 15 is 0 Å². The molecule has 2 heterocycles. The smallest absolute Gasteiger partial charge is 0.315 e. The number of hydrogen-bond donors (Lipinski definition) is 1. The molecule has 6 nitrogen and oxygen atoms in total. The van der Waals surface area contributed by atoms with E-state index in [1.165, 1.54) is 19.4 Å². The van der Waals surface area contributed by atoms with Crippen molar-refractivity contribution in [1.82, 2.24) is 4.90 Å². The monoisotopic (exact) mass is 290 g/mol. The van der Waals surface area contributed by atoms with Crippen molar-refractivity contribution in [2.45, 2.75) is 25.3 Å². The van der Waals surface area contributed by atoms with E-state index in [0.717, 1.165) is 19.5 Å². The molecule has 2 saturated heterocycles. The number of hydrogen-bond acceptors (Lipinski definition) is 5. The molecule has 1 aromatic rings. The van der Waals surface area contributed by atoms with Crippen molar-refractivity contribution < 1.29 is 4.92 Å². The Labute approximate surface area is 124 Å². The first kappa shape index (κ1) is 14.1. The van der Waals surface area contributed by atoms with Gasteiger partial charge in [0.1, 0.15) is 11.4 Å². The Morgan fingerprint density at radius 1 is 1.33 bits per heavy atom. The summed E-state index contributed by atoms with van der Waals surface area (Å²) in [6.45, 7) is 2.91. The van der Waals surface area contributed by atoms with Crippen molar-refractivity contribution in [2.24, 2.45) is 5.92 Å². The highest BCUT2D eigenvalue weighted by Gasteiger charge is 2.36. The molecule has 6 heteroatoms. The number of likely N-dealkylation sites (tertiary alicyclic amines) is 1. The lowest BCUT2D eigenvalue weighted by Gasteiger charge is -2.46. The summed E-state index contributed by atoms with van der Waals surface area (Å²) in [5, 5.41) is 11.3. The standard InChI is InChI=1S/C15H22N4O2/c1-17-8-3-4-11-10-18(9-7-13(11)17)14-6-2-5-12(16)15(14)19(20)21/h2,5-6,11,13H,3-4,7-10,16H2,1H3. The molecule has 0 spiro atoms. The van der Waals surface area contributed by atoms with Gasteiger partial charge in [-0.3, -0.25) is 10.1 Å². The minimum absolute atomic E-state index is 0.0557. The third kappa shape index (κ3) is 2.55. The van der Waals surface area contributed by atoms with Crippen molar-refractivity contribution in [2.75, 3.05) is 37.3 Å². The van der Waals surface area contributed by atoms with Crippen LogP contribution in [0.4, 0.5) is 17.1 Å². The molecule has 1 aromatic carbocycles. The number of rotatable bonds is 2. The van der Waals surface area contributed by atoms with E-state index in [4.69, 9.17) is 5.73 Å². The fourth-order valence-electron chi connectivity index (χ4n) is 3.87. The number of nitrogens with zero attached hydrogens (tertiary/aromatic N) is 3. The first-order chi connectivity index (χ1) is 10.1. The van der Waals surface area contributed by atoms with Crippen LogP contribution in [0.5, 0.6) is 0 Å². The van der Waals surface area contributed by atoms with Gasteiger partial charge in [-0.05, 0) is 50.9 Å². The zero-order valence-electron chi connectivity index (χ0n) is 12.4. The average molecular weight is 290 g/mol. The van der Waals surface area contributed by atoms with Gasteiger partial charge in [0.15, 0.2) is 0 Å². The van der Waals surface area contributed by atoms with Gasteiger partial charge < -0.3 is 15.5 Å². The van der Waals surface area contributed by atoms with Gasteiger partial charge in [-0.1, -0.05) is 6.07 Å². The molecular formula is C15H22N4O2. The van der Waals surface area contributed by atoms with Crippen molar-refractivity contribution in [1.29, 1.82) is 0 Å². The van der Waals surface area contributed by atoms with E-state index in [9.17, 15) is 10.1 Å². The number of anilines is 2. The summed E-state index contributed by atoms with van der Waals surface area (Å²) >= 11 is 0. The molecule has 2 atom stereocenters. The first-order valence-electron chi connectivity index (χ1n) is 7.56. The number of nitro benzene ring substituents is 1. The van der Waals surface area contributed by atoms with Gasteiger partial charge >= 0.3 is 5.69 Å². The molecule has 2 fully saturated rings. The molecule has 0 bridgehead atoms. The lowest BCUT2D eigenvalue weighted by Crippen LogP contribution is -2.52. The fourth-order valence-corrected chi connectivity index (χ4v) is 3.87. The molecule has 21 heavy (non-hydrogen) atoms. The molecular weight excluding hydrogens is 268 g/mol. The SMILES string of the molecule is CN1CCCC2CN(c3cccc(N)c3[N+](=O)[O-])CCC21. The molecule has 0 aliphatic carbocycles. The number of piperidine rings is 2. The van der Waals surface area contributed by atoms with Crippen LogP contribution >= 0.6 is 0 Å². The highest BCUT2D eigenvalue weighted by molar-refractivity contribution is 5.75.